The van der Waals surface area contributed by atoms with Crippen LogP contribution in [0.25, 0.3) is 0 Å². The Labute approximate surface area is 139 Å². The van der Waals surface area contributed by atoms with Gasteiger partial charge in [-0.15, -0.1) is 29.8 Å². The second kappa shape index (κ2) is 12.3. The van der Waals surface area contributed by atoms with E-state index in [1.165, 1.54) is 0 Å². The van der Waals surface area contributed by atoms with Crippen molar-refractivity contribution in [2.75, 3.05) is 0 Å². The van der Waals surface area contributed by atoms with Gasteiger partial charge in [-0.1, -0.05) is 48.2 Å². The zero-order chi connectivity index (χ0) is 11.6. The molecule has 0 aliphatic rings. The summed E-state index contributed by atoms with van der Waals surface area (Å²) >= 11 is 0. The van der Waals surface area contributed by atoms with Crippen molar-refractivity contribution in [2.24, 2.45) is 0 Å². The molecule has 0 nitrogen and oxygen atoms in total. The summed E-state index contributed by atoms with van der Waals surface area (Å²) in [4.78, 5) is 0. The second-order valence-corrected chi connectivity index (χ2v) is 3.02. The van der Waals surface area contributed by atoms with Gasteiger partial charge in [0.2, 0.25) is 0 Å². The number of hydrogen-bond donors (Lipinski definition) is 0. The number of rotatable bonds is 0. The molecule has 0 radical (unpaired) electrons. The first kappa shape index (κ1) is 19.2. The largest absolute Gasteiger partial charge is 2.00 e. The van der Waals surface area contributed by atoms with Gasteiger partial charge >= 0.3 is 23.1 Å². The van der Waals surface area contributed by atoms with Gasteiger partial charge in [-0.05, 0) is 24.3 Å². The van der Waals surface area contributed by atoms with E-state index in [0.717, 1.165) is 11.1 Å². The first-order valence-corrected chi connectivity index (χ1v) is 4.90. The van der Waals surface area contributed by atoms with Gasteiger partial charge in [0.1, 0.15) is 0 Å². The van der Waals surface area contributed by atoms with Crippen molar-refractivity contribution >= 4 is 40.0 Å². The molecular weight excluding hydrogens is 296 g/mol. The van der Waals surface area contributed by atoms with Crippen molar-refractivity contribution in [1.82, 2.24) is 0 Å². The topological polar surface area (TPSA) is 0 Å². The van der Waals surface area contributed by atoms with Gasteiger partial charge in [-0.3, -0.25) is 0 Å². The van der Waals surface area contributed by atoms with Crippen LogP contribution < -0.4 is 0 Å². The van der Waals surface area contributed by atoms with Crippen LogP contribution in [0.15, 0.2) is 60.7 Å². The number of hydrogen-bond acceptors (Lipinski definition) is 0. The first-order chi connectivity index (χ1) is 7.86. The Morgan fingerprint density at radius 1 is 0.667 bits per heavy atom. The van der Waals surface area contributed by atoms with E-state index < -0.39 is 0 Å². The van der Waals surface area contributed by atoms with Gasteiger partial charge in [0.15, 0.2) is 0 Å². The quantitative estimate of drug-likeness (QED) is 0.513. The maximum absolute atomic E-state index is 5.10. The summed E-state index contributed by atoms with van der Waals surface area (Å²) in [5, 5.41) is 0. The van der Waals surface area contributed by atoms with E-state index in [9.17, 15) is 0 Å². The van der Waals surface area contributed by atoms with Crippen LogP contribution >= 0.6 is 17.0 Å². The third-order valence-corrected chi connectivity index (χ3v) is 1.88. The Bertz CT molecular complexity index is 452. The summed E-state index contributed by atoms with van der Waals surface area (Å²) in [6.07, 6.45) is 10.2. The molecule has 0 saturated carbocycles. The fraction of sp³-hybridized carbons (Fsp3) is 0. The van der Waals surface area contributed by atoms with E-state index in [4.69, 9.17) is 12.8 Å². The molecule has 0 unspecified atom stereocenters. The summed E-state index contributed by atoms with van der Waals surface area (Å²) in [6.45, 7) is 0. The molecule has 0 heterocycles. The van der Waals surface area contributed by atoms with Crippen LogP contribution in [0.3, 0.4) is 0 Å². The fourth-order valence-electron chi connectivity index (χ4n) is 1.07. The predicted molar refractivity (Wildman–Crippen MR) is 87.1 cm³/mol. The number of benzene rings is 2. The maximum Gasteiger partial charge on any atom is 2.00 e. The van der Waals surface area contributed by atoms with Crippen molar-refractivity contribution in [2.45, 2.75) is 0 Å². The van der Waals surface area contributed by atoms with Crippen LogP contribution in [-0.2, 0) is 0 Å². The van der Waals surface area contributed by atoms with E-state index in [1.54, 1.807) is 0 Å². The molecule has 0 atom stereocenters. The Morgan fingerprint density at radius 3 is 1.11 bits per heavy atom. The summed E-state index contributed by atoms with van der Waals surface area (Å²) in [5.41, 5.74) is 1.88. The SMILES string of the molecule is Br.C#Cc1ccccc1.C#Cc1ccccc1.[H-].[H-].[Mg+2]. The molecule has 2 rings (SSSR count). The van der Waals surface area contributed by atoms with Gasteiger partial charge in [0.05, 0.1) is 0 Å². The molecule has 0 aromatic heterocycles. The molecule has 0 amide bonds. The first-order valence-electron chi connectivity index (χ1n) is 4.90. The average molecular weight is 312 g/mol. The van der Waals surface area contributed by atoms with Crippen molar-refractivity contribution < 1.29 is 2.85 Å². The molecule has 0 aliphatic heterocycles. The summed E-state index contributed by atoms with van der Waals surface area (Å²) in [6, 6.07) is 19.2. The van der Waals surface area contributed by atoms with Crippen molar-refractivity contribution in [3.63, 3.8) is 0 Å². The van der Waals surface area contributed by atoms with Crippen LogP contribution in [-0.4, -0.2) is 23.1 Å². The molecule has 88 valence electrons. The predicted octanol–water partition coefficient (Wildman–Crippen LogP) is 3.76. The molecule has 0 bridgehead atoms. The molecule has 18 heavy (non-hydrogen) atoms. The van der Waals surface area contributed by atoms with Gasteiger partial charge in [0, 0.05) is 11.1 Å². The Balaban J connectivity index is -0.000000107. The van der Waals surface area contributed by atoms with E-state index >= 15 is 0 Å². The van der Waals surface area contributed by atoms with Crippen LogP contribution in [0, 0.1) is 24.7 Å². The van der Waals surface area contributed by atoms with Crippen LogP contribution in [0.5, 0.6) is 0 Å². The van der Waals surface area contributed by atoms with Crippen molar-refractivity contribution in [3.05, 3.63) is 71.8 Å². The smallest absolute Gasteiger partial charge is 1.00 e. The monoisotopic (exact) mass is 310 g/mol. The van der Waals surface area contributed by atoms with Crippen molar-refractivity contribution in [1.29, 1.82) is 0 Å². The number of halogens is 1. The minimum Gasteiger partial charge on any atom is -1.00 e. The third kappa shape index (κ3) is 7.98. The van der Waals surface area contributed by atoms with Crippen LogP contribution in [0.1, 0.15) is 14.0 Å². The minimum absolute atomic E-state index is 0. The molecule has 2 heteroatoms. The van der Waals surface area contributed by atoms with Gasteiger partial charge in [0.25, 0.3) is 0 Å². The average Bonchev–Trinajstić information content (AvgIpc) is 2.41. The standard InChI is InChI=1S/2C8H6.BrH.Mg.2H/c2*1-2-8-6-4-3-5-7-8;;;;/h2*1,3-7H;1H;;;/q;;;+2;2*-1. The zero-order valence-corrected chi connectivity index (χ0v) is 13.2. The van der Waals surface area contributed by atoms with Gasteiger partial charge in [-0.2, -0.15) is 0 Å². The third-order valence-electron chi connectivity index (χ3n) is 1.88. The summed E-state index contributed by atoms with van der Waals surface area (Å²) in [5.74, 6) is 5.05. The molecule has 2 aromatic rings. The minimum atomic E-state index is 0. The van der Waals surface area contributed by atoms with E-state index in [1.807, 2.05) is 60.7 Å². The summed E-state index contributed by atoms with van der Waals surface area (Å²) < 4.78 is 0. The molecule has 0 fully saturated rings. The van der Waals surface area contributed by atoms with Gasteiger partial charge in [-0.25, -0.2) is 0 Å². The van der Waals surface area contributed by atoms with E-state index in [-0.39, 0.29) is 42.9 Å². The second-order valence-electron chi connectivity index (χ2n) is 3.02. The van der Waals surface area contributed by atoms with Gasteiger partial charge < -0.3 is 2.85 Å². The Kier molecular flexibility index (Phi) is 13.1. The molecule has 2 aromatic carbocycles. The molecular formula is C16H15BrMg. The number of terminal acetylenes is 2. The molecule has 0 N–H and O–H groups in total. The van der Waals surface area contributed by atoms with E-state index in [2.05, 4.69) is 11.8 Å². The summed E-state index contributed by atoms with van der Waals surface area (Å²) in [7, 11) is 0. The van der Waals surface area contributed by atoms with Crippen molar-refractivity contribution in [3.8, 4) is 24.7 Å². The molecule has 0 saturated heterocycles. The Morgan fingerprint density at radius 2 is 0.944 bits per heavy atom. The molecule has 0 spiro atoms. The normalized spacial score (nSPS) is 7.00. The molecule has 0 aliphatic carbocycles. The zero-order valence-electron chi connectivity index (χ0n) is 12.0. The van der Waals surface area contributed by atoms with Crippen LogP contribution in [0.2, 0.25) is 0 Å². The maximum atomic E-state index is 5.10. The van der Waals surface area contributed by atoms with Crippen LogP contribution in [0.4, 0.5) is 0 Å². The fourth-order valence-corrected chi connectivity index (χ4v) is 1.07. The Hall–Kier alpha value is -1.19. The van der Waals surface area contributed by atoms with E-state index in [0.29, 0.717) is 0 Å².